The first-order valence-corrected chi connectivity index (χ1v) is 29.8. The summed E-state index contributed by atoms with van der Waals surface area (Å²) in [5, 5.41) is 5.73. The maximum Gasteiger partial charge on any atom is 0.495 e. The van der Waals surface area contributed by atoms with Gasteiger partial charge in [0.2, 0.25) is 5.91 Å². The van der Waals surface area contributed by atoms with Gasteiger partial charge in [0.15, 0.2) is 0 Å². The van der Waals surface area contributed by atoms with Crippen LogP contribution in [0.4, 0.5) is 4.79 Å². The molecule has 2 aliphatic rings. The predicted molar refractivity (Wildman–Crippen MR) is 325 cm³/mol. The van der Waals surface area contributed by atoms with Crippen molar-refractivity contribution in [2.45, 2.75) is 130 Å². The summed E-state index contributed by atoms with van der Waals surface area (Å²) in [6.45, 7) is 33.4. The van der Waals surface area contributed by atoms with Crippen LogP contribution >= 0.6 is 0 Å². The lowest BCUT2D eigenvalue weighted by Gasteiger charge is -2.32. The summed E-state index contributed by atoms with van der Waals surface area (Å²) in [4.78, 5) is 30.0. The first-order chi connectivity index (χ1) is 40.1. The number of nitrogens with one attached hydrogen (secondary N) is 2. The molecule has 0 saturated carbocycles. The molecule has 2 heterocycles. The average molecular weight is 1180 g/mol. The van der Waals surface area contributed by atoms with Gasteiger partial charge in [-0.2, -0.15) is 0 Å². The van der Waals surface area contributed by atoms with Crippen LogP contribution < -0.4 is 21.6 Å². The Morgan fingerprint density at radius 2 is 0.798 bits per heavy atom. The number of amides is 2. The molecule has 0 bridgehead atoms. The highest BCUT2D eigenvalue weighted by molar-refractivity contribution is 6.63. The molecule has 2 fully saturated rings. The molecule has 0 aliphatic carbocycles. The van der Waals surface area contributed by atoms with E-state index in [0.29, 0.717) is 158 Å². The molecule has 20 nitrogen and oxygen atoms in total. The molecule has 5 rings (SSSR count). The summed E-state index contributed by atoms with van der Waals surface area (Å²) in [5.41, 5.74) is 3.75. The van der Waals surface area contributed by atoms with Crippen molar-refractivity contribution in [1.82, 2.24) is 20.4 Å². The van der Waals surface area contributed by atoms with Gasteiger partial charge in [-0.3, -0.25) is 14.6 Å². The SMILES string of the molecule is COCCOCCOCCOCCOCCNC(=O)CN(Cc1ccc(CN(CCOCCOCCOCCOCCNC(=O)OC(C)(C)C)Cc2ccccc2B2OC(C)(C)C(C)(C)O2)cc1)Cc1ccccc1B1OC(C)(C)C(C)(C)O1. The Balaban J connectivity index is 1.16. The van der Waals surface area contributed by atoms with Gasteiger partial charge in [-0.15, -0.1) is 0 Å². The average Bonchev–Trinajstić information content (AvgIpc) is 3.47. The molecule has 84 heavy (non-hydrogen) atoms. The van der Waals surface area contributed by atoms with Crippen LogP contribution in [-0.4, -0.2) is 210 Å². The number of alkyl carbamates (subject to hydrolysis) is 1. The Hall–Kier alpha value is -4.07. The lowest BCUT2D eigenvalue weighted by molar-refractivity contribution is -0.122. The van der Waals surface area contributed by atoms with Crippen LogP contribution in [0.15, 0.2) is 72.8 Å². The number of rotatable bonds is 42. The maximum absolute atomic E-state index is 13.7. The highest BCUT2D eigenvalue weighted by Gasteiger charge is 2.53. The van der Waals surface area contributed by atoms with E-state index in [0.717, 1.165) is 33.2 Å². The van der Waals surface area contributed by atoms with E-state index in [9.17, 15) is 9.59 Å². The zero-order valence-corrected chi connectivity index (χ0v) is 52.7. The van der Waals surface area contributed by atoms with Crippen molar-refractivity contribution in [3.8, 4) is 0 Å². The number of methoxy groups -OCH3 is 1. The van der Waals surface area contributed by atoms with Gasteiger partial charge in [-0.1, -0.05) is 72.8 Å². The first kappa shape index (κ1) is 70.7. The number of ether oxygens (including phenoxy) is 10. The van der Waals surface area contributed by atoms with Gasteiger partial charge in [0.1, 0.15) is 5.60 Å². The Morgan fingerprint density at radius 1 is 0.452 bits per heavy atom. The molecule has 22 heteroatoms. The Kier molecular flexibility index (Phi) is 30.5. The first-order valence-electron chi connectivity index (χ1n) is 29.8. The molecule has 2 N–H and O–H groups in total. The van der Waals surface area contributed by atoms with E-state index < -0.39 is 48.3 Å². The van der Waals surface area contributed by atoms with Crippen molar-refractivity contribution in [1.29, 1.82) is 0 Å². The largest absolute Gasteiger partial charge is 0.495 e. The van der Waals surface area contributed by atoms with E-state index in [1.54, 1.807) is 7.11 Å². The van der Waals surface area contributed by atoms with Crippen LogP contribution in [0.25, 0.3) is 0 Å². The highest BCUT2D eigenvalue weighted by Crippen LogP contribution is 2.38. The summed E-state index contributed by atoms with van der Waals surface area (Å²) >= 11 is 0. The second kappa shape index (κ2) is 36.3. The fraction of sp³-hybridized carbons (Fsp3) is 0.677. The minimum atomic E-state index is -0.552. The van der Waals surface area contributed by atoms with E-state index in [2.05, 4.69) is 130 Å². The van der Waals surface area contributed by atoms with Crippen molar-refractivity contribution in [2.24, 2.45) is 0 Å². The number of benzene rings is 3. The predicted octanol–water partition coefficient (Wildman–Crippen LogP) is 5.71. The fourth-order valence-corrected chi connectivity index (χ4v) is 8.81. The van der Waals surface area contributed by atoms with E-state index in [-0.39, 0.29) is 12.5 Å². The van der Waals surface area contributed by atoms with Gasteiger partial charge in [-0.25, -0.2) is 4.79 Å². The zero-order chi connectivity index (χ0) is 60.9. The third kappa shape index (κ3) is 25.7. The number of carbonyl (C=O) groups is 2. The molecular weight excluding hydrogens is 1080 g/mol. The molecule has 0 radical (unpaired) electrons. The van der Waals surface area contributed by atoms with Crippen molar-refractivity contribution in [3.05, 3.63) is 95.1 Å². The molecule has 0 spiro atoms. The number of nitrogens with zero attached hydrogens (tertiary/aromatic N) is 2. The lowest BCUT2D eigenvalue weighted by Crippen LogP contribution is -2.41. The topological polar surface area (TPSA) is 194 Å². The zero-order valence-electron chi connectivity index (χ0n) is 52.7. The summed E-state index contributed by atoms with van der Waals surface area (Å²) in [5.74, 6) is -0.108. The number of hydrogen-bond acceptors (Lipinski definition) is 18. The quantitative estimate of drug-likeness (QED) is 0.0517. The van der Waals surface area contributed by atoms with Crippen LogP contribution in [0.5, 0.6) is 0 Å². The molecule has 2 aliphatic heterocycles. The van der Waals surface area contributed by atoms with Crippen LogP contribution in [0.2, 0.25) is 0 Å². The van der Waals surface area contributed by atoms with Gasteiger partial charge < -0.3 is 76.6 Å². The Morgan fingerprint density at radius 3 is 1.20 bits per heavy atom. The van der Waals surface area contributed by atoms with Crippen molar-refractivity contribution in [2.75, 3.05) is 146 Å². The van der Waals surface area contributed by atoms with Crippen molar-refractivity contribution in [3.63, 3.8) is 0 Å². The van der Waals surface area contributed by atoms with Gasteiger partial charge in [0, 0.05) is 52.9 Å². The number of carbonyl (C=O) groups excluding carboxylic acids is 2. The molecule has 2 saturated heterocycles. The highest BCUT2D eigenvalue weighted by atomic mass is 16.7. The molecule has 0 aromatic heterocycles. The monoisotopic (exact) mass is 1180 g/mol. The van der Waals surface area contributed by atoms with Gasteiger partial charge >= 0.3 is 20.3 Å². The second-order valence-electron chi connectivity index (χ2n) is 23.9. The minimum Gasteiger partial charge on any atom is -0.444 e. The second-order valence-corrected chi connectivity index (χ2v) is 23.9. The standard InChI is InChI=1S/C62H100B2N4O16/c1-58(2,3)80-57(70)66-26-29-73-34-37-77-41-43-78-38-35-74-30-27-67(47-52-17-13-15-19-54(52)63-81-59(4,5)60(6,7)82-63)45-50-21-23-51(24-22-50)46-68(48-53-18-14-16-20-55(53)64-83-61(8,9)62(10,11)84-64)49-56(69)65-25-28-72-33-36-76-42-44-79-40-39-75-32-31-71-12/h13-24H,25-49H2,1-12H3,(H,65,69)(H,66,70). The number of hydrogen-bond donors (Lipinski definition) is 2. The Labute approximate surface area is 502 Å². The maximum atomic E-state index is 13.7. The fourth-order valence-electron chi connectivity index (χ4n) is 8.81. The molecular formula is C62H100B2N4O16. The summed E-state index contributed by atoms with van der Waals surface area (Å²) in [7, 11) is 0.588. The van der Waals surface area contributed by atoms with E-state index in [1.165, 1.54) is 0 Å². The van der Waals surface area contributed by atoms with Crippen LogP contribution in [0.1, 0.15) is 98.4 Å². The van der Waals surface area contributed by atoms with Crippen LogP contribution in [0.3, 0.4) is 0 Å². The summed E-state index contributed by atoms with van der Waals surface area (Å²) < 4.78 is 81.8. The van der Waals surface area contributed by atoms with E-state index >= 15 is 0 Å². The third-order valence-electron chi connectivity index (χ3n) is 14.8. The van der Waals surface area contributed by atoms with Crippen molar-refractivity contribution < 1.29 is 75.6 Å². The molecule has 2 amide bonds. The lowest BCUT2D eigenvalue weighted by atomic mass is 9.76. The van der Waals surface area contributed by atoms with Crippen LogP contribution in [-0.2, 0) is 97.0 Å². The smallest absolute Gasteiger partial charge is 0.444 e. The molecule has 0 atom stereocenters. The molecule has 470 valence electrons. The van der Waals surface area contributed by atoms with Crippen LogP contribution in [0, 0.1) is 0 Å². The minimum absolute atomic E-state index is 0.108. The van der Waals surface area contributed by atoms with Gasteiger partial charge in [-0.05, 0) is 109 Å². The van der Waals surface area contributed by atoms with Gasteiger partial charge in [0.05, 0.1) is 141 Å². The summed E-state index contributed by atoms with van der Waals surface area (Å²) in [6, 6.07) is 25.1. The van der Waals surface area contributed by atoms with E-state index in [4.69, 9.17) is 66.0 Å². The molecule has 0 unspecified atom stereocenters. The molecule has 3 aromatic rings. The van der Waals surface area contributed by atoms with Crippen molar-refractivity contribution >= 4 is 37.2 Å². The Bertz CT molecular complexity index is 2310. The normalized spacial score (nSPS) is 16.3. The molecule has 3 aromatic carbocycles. The third-order valence-corrected chi connectivity index (χ3v) is 14.8. The summed E-state index contributed by atoms with van der Waals surface area (Å²) in [6.07, 6.45) is -0.466. The van der Waals surface area contributed by atoms with E-state index in [1.807, 2.05) is 39.0 Å². The van der Waals surface area contributed by atoms with Gasteiger partial charge in [0.25, 0.3) is 0 Å².